The fraction of sp³-hybridized carbons (Fsp3) is 0.308. The van der Waals surface area contributed by atoms with Gasteiger partial charge < -0.3 is 5.32 Å². The molecule has 0 spiro atoms. The number of rotatable bonds is 2. The highest BCUT2D eigenvalue weighted by molar-refractivity contribution is 5.47. The van der Waals surface area contributed by atoms with Gasteiger partial charge in [-0.15, -0.1) is 0 Å². The minimum atomic E-state index is -4.50. The molecule has 0 aliphatic rings. The maximum absolute atomic E-state index is 12.8. The molecule has 0 atom stereocenters. The summed E-state index contributed by atoms with van der Waals surface area (Å²) in [6, 6.07) is 5.07. The molecule has 1 N–H and O–H groups in total. The molecule has 0 unspecified atom stereocenters. The van der Waals surface area contributed by atoms with E-state index in [1.54, 1.807) is 13.1 Å². The zero-order valence-corrected chi connectivity index (χ0v) is 9.73. The van der Waals surface area contributed by atoms with Gasteiger partial charge in [-0.3, -0.25) is 0 Å². The molecule has 5 heteroatoms. The molecule has 1 rings (SSSR count). The summed E-state index contributed by atoms with van der Waals surface area (Å²) in [6.07, 6.45) is -4.03. The molecule has 1 aromatic carbocycles. The minimum absolute atomic E-state index is 0.0249. The summed E-state index contributed by atoms with van der Waals surface area (Å²) in [5, 5.41) is 11.5. The number of benzene rings is 1. The fourth-order valence-corrected chi connectivity index (χ4v) is 1.30. The van der Waals surface area contributed by atoms with Gasteiger partial charge in [-0.1, -0.05) is 11.8 Å². The Morgan fingerprint density at radius 3 is 2.61 bits per heavy atom. The summed E-state index contributed by atoms with van der Waals surface area (Å²) in [6.45, 7) is 0.616. The van der Waals surface area contributed by atoms with E-state index in [4.69, 9.17) is 5.26 Å². The molecule has 18 heavy (non-hydrogen) atoms. The molecule has 0 heterocycles. The van der Waals surface area contributed by atoms with E-state index in [2.05, 4.69) is 17.2 Å². The van der Waals surface area contributed by atoms with Crippen LogP contribution in [0.3, 0.4) is 0 Å². The molecule has 94 valence electrons. The summed E-state index contributed by atoms with van der Waals surface area (Å²) < 4.78 is 38.3. The Balaban J connectivity index is 3.11. The van der Waals surface area contributed by atoms with Crippen molar-refractivity contribution in [1.29, 1.82) is 5.26 Å². The average molecular weight is 252 g/mol. The van der Waals surface area contributed by atoms with E-state index in [1.165, 1.54) is 12.1 Å². The van der Waals surface area contributed by atoms with Crippen molar-refractivity contribution in [2.24, 2.45) is 0 Å². The largest absolute Gasteiger partial charge is 0.417 e. The molecular weight excluding hydrogens is 241 g/mol. The van der Waals surface area contributed by atoms with Crippen molar-refractivity contribution in [1.82, 2.24) is 5.32 Å². The number of nitrogens with zero attached hydrogens (tertiary/aromatic N) is 1. The van der Waals surface area contributed by atoms with E-state index in [0.717, 1.165) is 6.07 Å². The van der Waals surface area contributed by atoms with Gasteiger partial charge in [0.1, 0.15) is 0 Å². The van der Waals surface area contributed by atoms with Gasteiger partial charge in [0.2, 0.25) is 0 Å². The first-order valence-corrected chi connectivity index (χ1v) is 5.24. The summed E-state index contributed by atoms with van der Waals surface area (Å²) in [4.78, 5) is 0. The van der Waals surface area contributed by atoms with E-state index >= 15 is 0 Å². The summed E-state index contributed by atoms with van der Waals surface area (Å²) in [5.41, 5.74) is -0.987. The Bertz CT molecular complexity index is 516. The number of hydrogen-bond acceptors (Lipinski definition) is 2. The smallest absolute Gasteiger partial charge is 0.319 e. The molecular formula is C13H11F3N2. The Labute approximate surface area is 103 Å². The van der Waals surface area contributed by atoms with Crippen LogP contribution in [0.4, 0.5) is 13.2 Å². The molecule has 2 nitrogen and oxygen atoms in total. The summed E-state index contributed by atoms with van der Waals surface area (Å²) in [7, 11) is 1.74. The van der Waals surface area contributed by atoms with Crippen molar-refractivity contribution in [3.63, 3.8) is 0 Å². The van der Waals surface area contributed by atoms with Crippen LogP contribution in [0.2, 0.25) is 0 Å². The third-order valence-corrected chi connectivity index (χ3v) is 2.18. The first-order valence-electron chi connectivity index (χ1n) is 5.24. The standard InChI is InChI=1S/C13H11F3N2/c1-18-7-3-2-4-11-6-5-10(9-17)8-12(11)13(14,15)16/h5-6,8,18H,3,7H2,1H3. The monoisotopic (exact) mass is 252 g/mol. The van der Waals surface area contributed by atoms with Crippen LogP contribution in [-0.2, 0) is 6.18 Å². The van der Waals surface area contributed by atoms with E-state index in [9.17, 15) is 13.2 Å². The lowest BCUT2D eigenvalue weighted by Crippen LogP contribution is -2.08. The summed E-state index contributed by atoms with van der Waals surface area (Å²) >= 11 is 0. The Morgan fingerprint density at radius 1 is 1.33 bits per heavy atom. The lowest BCUT2D eigenvalue weighted by atomic mass is 10.0. The molecule has 0 aliphatic heterocycles. The Kier molecular flexibility index (Phi) is 4.76. The minimum Gasteiger partial charge on any atom is -0.319 e. The van der Waals surface area contributed by atoms with Crippen LogP contribution in [0, 0.1) is 23.2 Å². The van der Waals surface area contributed by atoms with E-state index in [1.807, 2.05) is 0 Å². The first kappa shape index (κ1) is 14.1. The van der Waals surface area contributed by atoms with Crippen LogP contribution >= 0.6 is 0 Å². The molecule has 0 saturated heterocycles. The normalized spacial score (nSPS) is 10.4. The molecule has 1 aromatic rings. The lowest BCUT2D eigenvalue weighted by molar-refractivity contribution is -0.137. The van der Waals surface area contributed by atoms with E-state index in [-0.39, 0.29) is 11.1 Å². The van der Waals surface area contributed by atoms with Crippen molar-refractivity contribution in [2.45, 2.75) is 12.6 Å². The number of alkyl halides is 3. The fourth-order valence-electron chi connectivity index (χ4n) is 1.30. The SMILES string of the molecule is CNCCC#Cc1ccc(C#N)cc1C(F)(F)F. The number of nitrogens with one attached hydrogen (secondary N) is 1. The first-order chi connectivity index (χ1) is 8.49. The van der Waals surface area contributed by atoms with Crippen molar-refractivity contribution in [3.8, 4) is 17.9 Å². The van der Waals surface area contributed by atoms with Crippen molar-refractivity contribution in [3.05, 3.63) is 34.9 Å². The lowest BCUT2D eigenvalue weighted by Gasteiger charge is -2.09. The molecule has 0 fully saturated rings. The van der Waals surface area contributed by atoms with Gasteiger partial charge in [0.25, 0.3) is 0 Å². The highest BCUT2D eigenvalue weighted by Crippen LogP contribution is 2.32. The van der Waals surface area contributed by atoms with Gasteiger partial charge in [0.15, 0.2) is 0 Å². The van der Waals surface area contributed by atoms with Gasteiger partial charge >= 0.3 is 6.18 Å². The van der Waals surface area contributed by atoms with Crippen LogP contribution in [0.15, 0.2) is 18.2 Å². The third kappa shape index (κ3) is 3.80. The molecule has 0 aromatic heterocycles. The molecule has 0 amide bonds. The number of nitriles is 1. The van der Waals surface area contributed by atoms with Crippen LogP contribution in [-0.4, -0.2) is 13.6 Å². The predicted molar refractivity (Wildman–Crippen MR) is 61.6 cm³/mol. The second kappa shape index (κ2) is 6.09. The maximum Gasteiger partial charge on any atom is 0.417 e. The molecule has 0 radical (unpaired) electrons. The average Bonchev–Trinajstić information content (AvgIpc) is 2.33. The Hall–Kier alpha value is -1.98. The van der Waals surface area contributed by atoms with Crippen LogP contribution in [0.5, 0.6) is 0 Å². The van der Waals surface area contributed by atoms with Gasteiger partial charge in [-0.05, 0) is 25.2 Å². The highest BCUT2D eigenvalue weighted by atomic mass is 19.4. The molecule has 0 aliphatic carbocycles. The van der Waals surface area contributed by atoms with Gasteiger partial charge in [-0.25, -0.2) is 0 Å². The Morgan fingerprint density at radius 2 is 2.06 bits per heavy atom. The van der Waals surface area contributed by atoms with Crippen LogP contribution in [0.25, 0.3) is 0 Å². The zero-order chi connectivity index (χ0) is 13.6. The van der Waals surface area contributed by atoms with Gasteiger partial charge in [-0.2, -0.15) is 18.4 Å². The van der Waals surface area contributed by atoms with Crippen molar-refractivity contribution < 1.29 is 13.2 Å². The number of hydrogen-bond donors (Lipinski definition) is 1. The van der Waals surface area contributed by atoms with E-state index < -0.39 is 11.7 Å². The number of halogens is 3. The van der Waals surface area contributed by atoms with E-state index in [0.29, 0.717) is 13.0 Å². The highest BCUT2D eigenvalue weighted by Gasteiger charge is 2.33. The predicted octanol–water partition coefficient (Wildman–Crippen LogP) is 2.54. The second-order valence-corrected chi connectivity index (χ2v) is 3.53. The van der Waals surface area contributed by atoms with Gasteiger partial charge in [0.05, 0.1) is 17.2 Å². The van der Waals surface area contributed by atoms with Gasteiger partial charge in [0, 0.05) is 18.5 Å². The maximum atomic E-state index is 12.8. The topological polar surface area (TPSA) is 35.8 Å². The second-order valence-electron chi connectivity index (χ2n) is 3.53. The quantitative estimate of drug-likeness (QED) is 0.648. The van der Waals surface area contributed by atoms with Crippen molar-refractivity contribution >= 4 is 0 Å². The zero-order valence-electron chi connectivity index (χ0n) is 9.73. The molecule has 0 bridgehead atoms. The third-order valence-electron chi connectivity index (χ3n) is 2.18. The van der Waals surface area contributed by atoms with Crippen molar-refractivity contribution in [2.75, 3.05) is 13.6 Å². The molecule has 0 saturated carbocycles. The van der Waals surface area contributed by atoms with Crippen LogP contribution in [0.1, 0.15) is 23.1 Å². The van der Waals surface area contributed by atoms with Crippen LogP contribution < -0.4 is 5.32 Å². The summed E-state index contributed by atoms with van der Waals surface area (Å²) in [5.74, 6) is 5.14.